The monoisotopic (exact) mass is 263 g/mol. The fourth-order valence-corrected chi connectivity index (χ4v) is 1.85. The summed E-state index contributed by atoms with van der Waals surface area (Å²) in [5.41, 5.74) is 7.25. The van der Waals surface area contributed by atoms with Gasteiger partial charge in [-0.05, 0) is 35.4 Å². The zero-order valence-electron chi connectivity index (χ0n) is 9.22. The molecule has 0 unspecified atom stereocenters. The molecule has 5 heteroatoms. The van der Waals surface area contributed by atoms with Crippen LogP contribution in [0.1, 0.15) is 10.4 Å². The molecule has 92 valence electrons. The highest BCUT2D eigenvalue weighted by atomic mass is 35.5. The zero-order valence-corrected chi connectivity index (χ0v) is 9.98. The van der Waals surface area contributed by atoms with Gasteiger partial charge in [0, 0.05) is 0 Å². The van der Waals surface area contributed by atoms with E-state index in [1.54, 1.807) is 18.2 Å². The van der Waals surface area contributed by atoms with Gasteiger partial charge >= 0.3 is 5.97 Å². The fraction of sp³-hybridized carbons (Fsp3) is 0. The van der Waals surface area contributed by atoms with Gasteiger partial charge in [0.1, 0.15) is 0 Å². The quantitative estimate of drug-likeness (QED) is 0.574. The van der Waals surface area contributed by atoms with Crippen molar-refractivity contribution in [3.8, 4) is 16.9 Å². The van der Waals surface area contributed by atoms with Crippen LogP contribution in [0.5, 0.6) is 5.75 Å². The number of nitrogen functional groups attached to an aromatic ring is 1. The molecule has 0 saturated heterocycles. The highest BCUT2D eigenvalue weighted by Crippen LogP contribution is 2.35. The number of aromatic hydroxyl groups is 1. The van der Waals surface area contributed by atoms with Gasteiger partial charge in [-0.1, -0.05) is 23.7 Å². The van der Waals surface area contributed by atoms with Gasteiger partial charge in [-0.3, -0.25) is 0 Å². The maximum atomic E-state index is 10.9. The Hall–Kier alpha value is -2.20. The molecule has 2 rings (SSSR count). The molecule has 0 amide bonds. The molecule has 4 nitrogen and oxygen atoms in total. The minimum Gasteiger partial charge on any atom is -0.504 e. The second-order valence-corrected chi connectivity index (χ2v) is 4.19. The molecule has 18 heavy (non-hydrogen) atoms. The maximum absolute atomic E-state index is 10.9. The predicted octanol–water partition coefficient (Wildman–Crippen LogP) is 2.99. The normalized spacial score (nSPS) is 10.3. The van der Waals surface area contributed by atoms with Crippen molar-refractivity contribution in [3.63, 3.8) is 0 Å². The van der Waals surface area contributed by atoms with Crippen LogP contribution in [0.2, 0.25) is 5.02 Å². The van der Waals surface area contributed by atoms with Crippen LogP contribution in [-0.4, -0.2) is 16.2 Å². The molecule has 0 aliphatic carbocycles. The number of phenolic OH excluding ortho intramolecular Hbond substituents is 1. The summed E-state index contributed by atoms with van der Waals surface area (Å²) < 4.78 is 0. The summed E-state index contributed by atoms with van der Waals surface area (Å²) in [6, 6.07) is 9.47. The predicted molar refractivity (Wildman–Crippen MR) is 69.9 cm³/mol. The molecule has 0 atom stereocenters. The Morgan fingerprint density at radius 3 is 2.50 bits per heavy atom. The number of carboxylic acids is 1. The first-order chi connectivity index (χ1) is 8.49. The molecule has 0 spiro atoms. The van der Waals surface area contributed by atoms with Crippen molar-refractivity contribution >= 4 is 23.3 Å². The summed E-state index contributed by atoms with van der Waals surface area (Å²) in [6.45, 7) is 0. The Morgan fingerprint density at radius 1 is 1.17 bits per heavy atom. The first kappa shape index (κ1) is 12.3. The highest BCUT2D eigenvalue weighted by molar-refractivity contribution is 6.32. The summed E-state index contributed by atoms with van der Waals surface area (Å²) in [7, 11) is 0. The van der Waals surface area contributed by atoms with Crippen molar-refractivity contribution in [1.82, 2.24) is 0 Å². The van der Waals surface area contributed by atoms with Gasteiger partial charge in [-0.25, -0.2) is 4.79 Å². The molecule has 0 aliphatic heterocycles. The van der Waals surface area contributed by atoms with Gasteiger partial charge in [0.25, 0.3) is 0 Å². The highest BCUT2D eigenvalue weighted by Gasteiger charge is 2.09. The molecule has 0 radical (unpaired) electrons. The van der Waals surface area contributed by atoms with Crippen LogP contribution in [0.25, 0.3) is 11.1 Å². The van der Waals surface area contributed by atoms with E-state index in [-0.39, 0.29) is 22.0 Å². The maximum Gasteiger partial charge on any atom is 0.335 e. The van der Waals surface area contributed by atoms with E-state index in [2.05, 4.69) is 0 Å². The molecule has 0 aliphatic rings. The van der Waals surface area contributed by atoms with Gasteiger partial charge in [0.15, 0.2) is 5.75 Å². The van der Waals surface area contributed by atoms with Crippen LogP contribution in [-0.2, 0) is 0 Å². The Kier molecular flexibility index (Phi) is 3.12. The lowest BCUT2D eigenvalue weighted by Gasteiger charge is -2.07. The number of phenols is 1. The minimum atomic E-state index is -1.00. The van der Waals surface area contributed by atoms with E-state index in [9.17, 15) is 9.90 Å². The molecule has 0 saturated carbocycles. The van der Waals surface area contributed by atoms with Gasteiger partial charge in [-0.2, -0.15) is 0 Å². The average Bonchev–Trinajstić information content (AvgIpc) is 2.35. The van der Waals surface area contributed by atoms with E-state index in [0.29, 0.717) is 11.1 Å². The number of aromatic carboxylic acids is 1. The SMILES string of the molecule is Nc1cc(-c2cccc(C(=O)O)c2)cc(Cl)c1O. The molecular formula is C13H10ClNO3. The van der Waals surface area contributed by atoms with Crippen molar-refractivity contribution in [1.29, 1.82) is 0 Å². The Balaban J connectivity index is 2.55. The topological polar surface area (TPSA) is 83.6 Å². The third-order valence-electron chi connectivity index (χ3n) is 2.54. The minimum absolute atomic E-state index is 0.130. The van der Waals surface area contributed by atoms with Crippen LogP contribution < -0.4 is 5.73 Å². The van der Waals surface area contributed by atoms with Gasteiger partial charge in [0.05, 0.1) is 16.3 Å². The number of hydrogen-bond acceptors (Lipinski definition) is 3. The van der Waals surface area contributed by atoms with Crippen molar-refractivity contribution in [2.45, 2.75) is 0 Å². The lowest BCUT2D eigenvalue weighted by atomic mass is 10.0. The largest absolute Gasteiger partial charge is 0.504 e. The second kappa shape index (κ2) is 4.58. The third kappa shape index (κ3) is 2.24. The number of carbonyl (C=O) groups is 1. The van der Waals surface area contributed by atoms with Crippen LogP contribution in [0.4, 0.5) is 5.69 Å². The number of halogens is 1. The van der Waals surface area contributed by atoms with Gasteiger partial charge in [0.2, 0.25) is 0 Å². The van der Waals surface area contributed by atoms with E-state index in [0.717, 1.165) is 0 Å². The lowest BCUT2D eigenvalue weighted by Crippen LogP contribution is -1.96. The third-order valence-corrected chi connectivity index (χ3v) is 2.82. The van der Waals surface area contributed by atoms with E-state index in [1.165, 1.54) is 18.2 Å². The lowest BCUT2D eigenvalue weighted by molar-refractivity contribution is 0.0697. The molecule has 0 heterocycles. The van der Waals surface area contributed by atoms with E-state index in [4.69, 9.17) is 22.4 Å². The molecule has 0 fully saturated rings. The van der Waals surface area contributed by atoms with E-state index in [1.807, 2.05) is 0 Å². The van der Waals surface area contributed by atoms with E-state index < -0.39 is 5.97 Å². The average molecular weight is 264 g/mol. The van der Waals surface area contributed by atoms with Crippen molar-refractivity contribution in [3.05, 3.63) is 47.0 Å². The standard InChI is InChI=1S/C13H10ClNO3/c14-10-5-9(6-11(15)12(10)16)7-2-1-3-8(4-7)13(17)18/h1-6,16H,15H2,(H,17,18). The summed E-state index contributed by atoms with van der Waals surface area (Å²) in [4.78, 5) is 10.9. The summed E-state index contributed by atoms with van der Waals surface area (Å²) >= 11 is 5.83. The Labute approximate surface area is 108 Å². The number of anilines is 1. The number of rotatable bonds is 2. The first-order valence-corrected chi connectivity index (χ1v) is 5.48. The Bertz CT molecular complexity index is 602. The smallest absolute Gasteiger partial charge is 0.335 e. The van der Waals surface area contributed by atoms with E-state index >= 15 is 0 Å². The Morgan fingerprint density at radius 2 is 1.89 bits per heavy atom. The van der Waals surface area contributed by atoms with Crippen molar-refractivity contribution in [2.24, 2.45) is 0 Å². The summed E-state index contributed by atoms with van der Waals surface area (Å²) in [5, 5.41) is 18.5. The van der Waals surface area contributed by atoms with Crippen molar-refractivity contribution < 1.29 is 15.0 Å². The number of carboxylic acid groups (broad SMARTS) is 1. The fourth-order valence-electron chi connectivity index (χ4n) is 1.62. The summed E-state index contributed by atoms with van der Waals surface area (Å²) in [5.74, 6) is -1.18. The van der Waals surface area contributed by atoms with Crippen LogP contribution in [0.15, 0.2) is 36.4 Å². The molecule has 2 aromatic carbocycles. The molecule has 0 bridgehead atoms. The van der Waals surface area contributed by atoms with Crippen molar-refractivity contribution in [2.75, 3.05) is 5.73 Å². The molecule has 2 aromatic rings. The zero-order chi connectivity index (χ0) is 13.3. The number of nitrogens with two attached hydrogens (primary N) is 1. The summed E-state index contributed by atoms with van der Waals surface area (Å²) in [6.07, 6.45) is 0. The van der Waals surface area contributed by atoms with Gasteiger partial charge in [-0.15, -0.1) is 0 Å². The van der Waals surface area contributed by atoms with Crippen LogP contribution in [0.3, 0.4) is 0 Å². The van der Waals surface area contributed by atoms with Gasteiger partial charge < -0.3 is 15.9 Å². The molecule has 0 aromatic heterocycles. The number of hydrogen-bond donors (Lipinski definition) is 3. The first-order valence-electron chi connectivity index (χ1n) is 5.11. The second-order valence-electron chi connectivity index (χ2n) is 3.78. The van der Waals surface area contributed by atoms with Crippen LogP contribution in [0, 0.1) is 0 Å². The molecular weight excluding hydrogens is 254 g/mol. The number of benzene rings is 2. The van der Waals surface area contributed by atoms with Crippen LogP contribution >= 0.6 is 11.6 Å². The molecule has 4 N–H and O–H groups in total.